The van der Waals surface area contributed by atoms with Crippen LogP contribution in [0, 0.1) is 0 Å². The van der Waals surface area contributed by atoms with Gasteiger partial charge in [0.2, 0.25) is 0 Å². The molecule has 0 atom stereocenters. The standard InChI is InChI=1S/C14H18BClN2O2/c1-13(2)14(3,4)20-15(19-13)10-7-12-9(6-11(10)16)8-17-18(12)5/h6-8H,1-5H3. The van der Waals surface area contributed by atoms with Gasteiger partial charge in [-0.15, -0.1) is 0 Å². The number of fused-ring (bicyclic) bond motifs is 1. The molecule has 20 heavy (non-hydrogen) atoms. The van der Waals surface area contributed by atoms with Crippen LogP contribution in [0.3, 0.4) is 0 Å². The Kier molecular flexibility index (Phi) is 2.94. The zero-order valence-electron chi connectivity index (χ0n) is 12.4. The summed E-state index contributed by atoms with van der Waals surface area (Å²) in [5.74, 6) is 0. The van der Waals surface area contributed by atoms with Crippen molar-refractivity contribution in [2.75, 3.05) is 0 Å². The number of rotatable bonds is 1. The van der Waals surface area contributed by atoms with E-state index in [1.807, 2.05) is 51.6 Å². The molecule has 1 aromatic carbocycles. The van der Waals surface area contributed by atoms with E-state index >= 15 is 0 Å². The van der Waals surface area contributed by atoms with Crippen LogP contribution in [0.15, 0.2) is 18.3 Å². The minimum atomic E-state index is -0.452. The van der Waals surface area contributed by atoms with Crippen LogP contribution in [-0.2, 0) is 16.4 Å². The zero-order valence-corrected chi connectivity index (χ0v) is 13.2. The molecule has 1 fully saturated rings. The predicted octanol–water partition coefficient (Wildman–Crippen LogP) is 2.53. The van der Waals surface area contributed by atoms with Gasteiger partial charge < -0.3 is 9.31 Å². The van der Waals surface area contributed by atoms with Gasteiger partial charge in [0.25, 0.3) is 0 Å². The third-order valence-corrected chi connectivity index (χ3v) is 4.70. The zero-order chi connectivity index (χ0) is 14.7. The Morgan fingerprint density at radius 1 is 1.15 bits per heavy atom. The highest BCUT2D eigenvalue weighted by Gasteiger charge is 2.52. The van der Waals surface area contributed by atoms with E-state index in [2.05, 4.69) is 5.10 Å². The Hall–Kier alpha value is -1.04. The smallest absolute Gasteiger partial charge is 0.399 e. The first-order valence-corrected chi connectivity index (χ1v) is 7.06. The van der Waals surface area contributed by atoms with E-state index in [-0.39, 0.29) is 11.2 Å². The number of aromatic nitrogens is 2. The highest BCUT2D eigenvalue weighted by atomic mass is 35.5. The SMILES string of the molecule is Cn1ncc2cc(Cl)c(B3OC(C)(C)C(C)(C)O3)cc21. The first-order valence-electron chi connectivity index (χ1n) is 6.68. The van der Waals surface area contributed by atoms with E-state index in [4.69, 9.17) is 20.9 Å². The lowest BCUT2D eigenvalue weighted by Crippen LogP contribution is -2.41. The largest absolute Gasteiger partial charge is 0.496 e. The lowest BCUT2D eigenvalue weighted by atomic mass is 9.78. The van der Waals surface area contributed by atoms with E-state index in [1.165, 1.54) is 0 Å². The number of hydrogen-bond donors (Lipinski definition) is 0. The van der Waals surface area contributed by atoms with Gasteiger partial charge in [0.15, 0.2) is 0 Å². The van der Waals surface area contributed by atoms with Crippen molar-refractivity contribution < 1.29 is 9.31 Å². The molecule has 0 unspecified atom stereocenters. The van der Waals surface area contributed by atoms with Crippen LogP contribution in [0.1, 0.15) is 27.7 Å². The van der Waals surface area contributed by atoms with E-state index in [0.29, 0.717) is 5.02 Å². The van der Waals surface area contributed by atoms with E-state index in [1.54, 1.807) is 6.20 Å². The molecule has 1 aliphatic rings. The monoisotopic (exact) mass is 292 g/mol. The molecule has 4 nitrogen and oxygen atoms in total. The highest BCUT2D eigenvalue weighted by Crippen LogP contribution is 2.37. The number of halogens is 1. The lowest BCUT2D eigenvalue weighted by molar-refractivity contribution is 0.00578. The molecule has 2 heterocycles. The second-order valence-corrected chi connectivity index (χ2v) is 6.70. The Balaban J connectivity index is 2.07. The average Bonchev–Trinajstić information content (AvgIpc) is 2.77. The van der Waals surface area contributed by atoms with Crippen LogP contribution in [0.2, 0.25) is 5.02 Å². The summed E-state index contributed by atoms with van der Waals surface area (Å²) in [7, 11) is 1.45. The van der Waals surface area contributed by atoms with Crippen molar-refractivity contribution in [2.24, 2.45) is 7.05 Å². The van der Waals surface area contributed by atoms with Gasteiger partial charge in [0.1, 0.15) is 0 Å². The summed E-state index contributed by atoms with van der Waals surface area (Å²) in [4.78, 5) is 0. The molecule has 0 radical (unpaired) electrons. The van der Waals surface area contributed by atoms with Crippen LogP contribution < -0.4 is 5.46 Å². The third kappa shape index (κ3) is 1.96. The molecular formula is C14H18BClN2O2. The Bertz CT molecular complexity index is 665. The molecule has 106 valence electrons. The van der Waals surface area contributed by atoms with Crippen molar-refractivity contribution in [3.05, 3.63) is 23.4 Å². The summed E-state index contributed by atoms with van der Waals surface area (Å²) in [6.07, 6.45) is 1.80. The van der Waals surface area contributed by atoms with Crippen molar-refractivity contribution in [1.82, 2.24) is 9.78 Å². The second kappa shape index (κ2) is 4.23. The summed E-state index contributed by atoms with van der Waals surface area (Å²) < 4.78 is 13.9. The molecular weight excluding hydrogens is 274 g/mol. The molecule has 0 amide bonds. The van der Waals surface area contributed by atoms with Crippen molar-refractivity contribution in [2.45, 2.75) is 38.9 Å². The molecule has 0 N–H and O–H groups in total. The minimum Gasteiger partial charge on any atom is -0.399 e. The van der Waals surface area contributed by atoms with Gasteiger partial charge in [0.05, 0.1) is 22.9 Å². The fourth-order valence-electron chi connectivity index (χ4n) is 2.34. The molecule has 6 heteroatoms. The van der Waals surface area contributed by atoms with Gasteiger partial charge in [-0.2, -0.15) is 5.10 Å². The molecule has 1 aromatic heterocycles. The normalized spacial score (nSPS) is 20.8. The molecule has 1 aliphatic heterocycles. The van der Waals surface area contributed by atoms with Crippen LogP contribution in [0.4, 0.5) is 0 Å². The molecule has 0 aliphatic carbocycles. The topological polar surface area (TPSA) is 36.3 Å². The maximum atomic E-state index is 6.38. The van der Waals surface area contributed by atoms with Crippen molar-refractivity contribution in [3.8, 4) is 0 Å². The van der Waals surface area contributed by atoms with Gasteiger partial charge in [-0.05, 0) is 39.8 Å². The van der Waals surface area contributed by atoms with Gasteiger partial charge in [-0.25, -0.2) is 0 Å². The Morgan fingerprint density at radius 3 is 2.35 bits per heavy atom. The van der Waals surface area contributed by atoms with Crippen molar-refractivity contribution in [1.29, 1.82) is 0 Å². The van der Waals surface area contributed by atoms with Gasteiger partial charge in [-0.1, -0.05) is 11.6 Å². The summed E-state index contributed by atoms with van der Waals surface area (Å²) in [5.41, 5.74) is 1.12. The fraction of sp³-hybridized carbons (Fsp3) is 0.500. The quantitative estimate of drug-likeness (QED) is 0.758. The number of benzene rings is 1. The number of hydrogen-bond acceptors (Lipinski definition) is 3. The van der Waals surface area contributed by atoms with Gasteiger partial charge in [-0.3, -0.25) is 4.68 Å². The van der Waals surface area contributed by atoms with Crippen LogP contribution >= 0.6 is 11.6 Å². The van der Waals surface area contributed by atoms with Crippen LogP contribution in [0.5, 0.6) is 0 Å². The van der Waals surface area contributed by atoms with Crippen LogP contribution in [-0.4, -0.2) is 28.1 Å². The molecule has 0 spiro atoms. The molecule has 2 aromatic rings. The van der Waals surface area contributed by atoms with Crippen molar-refractivity contribution >= 4 is 35.1 Å². The third-order valence-electron chi connectivity index (χ3n) is 4.37. The lowest BCUT2D eigenvalue weighted by Gasteiger charge is -2.32. The molecule has 0 bridgehead atoms. The summed E-state index contributed by atoms with van der Waals surface area (Å²) in [5, 5.41) is 5.89. The fourth-order valence-corrected chi connectivity index (χ4v) is 2.60. The predicted molar refractivity (Wildman–Crippen MR) is 81.4 cm³/mol. The molecule has 1 saturated heterocycles. The van der Waals surface area contributed by atoms with Crippen LogP contribution in [0.25, 0.3) is 10.9 Å². The van der Waals surface area contributed by atoms with Gasteiger partial charge in [0, 0.05) is 22.9 Å². The van der Waals surface area contributed by atoms with Crippen molar-refractivity contribution in [3.63, 3.8) is 0 Å². The van der Waals surface area contributed by atoms with E-state index < -0.39 is 7.12 Å². The first kappa shape index (κ1) is 13.9. The summed E-state index contributed by atoms with van der Waals surface area (Å²) >= 11 is 6.38. The maximum absolute atomic E-state index is 6.38. The van der Waals surface area contributed by atoms with Gasteiger partial charge >= 0.3 is 7.12 Å². The Labute approximate surface area is 124 Å². The number of aryl methyl sites for hydroxylation is 1. The minimum absolute atomic E-state index is 0.373. The summed E-state index contributed by atoms with van der Waals surface area (Å²) in [6.45, 7) is 8.13. The molecule has 3 rings (SSSR count). The maximum Gasteiger partial charge on any atom is 0.496 e. The van der Waals surface area contributed by atoms with E-state index in [0.717, 1.165) is 16.4 Å². The average molecular weight is 293 g/mol. The van der Waals surface area contributed by atoms with E-state index in [9.17, 15) is 0 Å². The molecule has 0 saturated carbocycles. The Morgan fingerprint density at radius 2 is 1.75 bits per heavy atom. The highest BCUT2D eigenvalue weighted by molar-refractivity contribution is 6.66. The summed E-state index contributed by atoms with van der Waals surface area (Å²) in [6, 6.07) is 3.90. The second-order valence-electron chi connectivity index (χ2n) is 6.29. The first-order chi connectivity index (χ1) is 9.21. The number of nitrogens with zero attached hydrogens (tertiary/aromatic N) is 2.